The lowest BCUT2D eigenvalue weighted by atomic mass is 10.0. The van der Waals surface area contributed by atoms with Crippen molar-refractivity contribution in [2.75, 3.05) is 19.0 Å². The molecule has 0 amide bonds. The maximum atomic E-state index is 5.05. The van der Waals surface area contributed by atoms with Crippen LogP contribution in [0.3, 0.4) is 0 Å². The summed E-state index contributed by atoms with van der Waals surface area (Å²) in [5.74, 6) is 2.91. The highest BCUT2D eigenvalue weighted by molar-refractivity contribution is 5.91. The van der Waals surface area contributed by atoms with Gasteiger partial charge in [-0.15, -0.1) is 0 Å². The van der Waals surface area contributed by atoms with Crippen molar-refractivity contribution in [3.05, 3.63) is 35.9 Å². The van der Waals surface area contributed by atoms with Crippen molar-refractivity contribution in [3.63, 3.8) is 0 Å². The number of nitrogens with zero attached hydrogens (tertiary/aromatic N) is 5. The molecule has 0 bridgehead atoms. The number of anilines is 1. The van der Waals surface area contributed by atoms with Crippen molar-refractivity contribution in [3.8, 4) is 11.1 Å². The number of aryl methyl sites for hydroxylation is 2. The Bertz CT molecular complexity index is 968. The molecule has 27 heavy (non-hydrogen) atoms. The van der Waals surface area contributed by atoms with E-state index in [2.05, 4.69) is 43.5 Å². The van der Waals surface area contributed by atoms with Crippen LogP contribution >= 0.6 is 0 Å². The first-order chi connectivity index (χ1) is 13.0. The fraction of sp³-hybridized carbons (Fsp3) is 0.500. The lowest BCUT2D eigenvalue weighted by Crippen LogP contribution is -2.13. The predicted molar refractivity (Wildman–Crippen MR) is 111 cm³/mol. The number of imidazole rings is 1. The van der Waals surface area contributed by atoms with Crippen molar-refractivity contribution in [2.45, 2.75) is 52.5 Å². The number of hydrogen-bond donors (Lipinski definition) is 0. The minimum Gasteiger partial charge on any atom is -0.363 e. The van der Waals surface area contributed by atoms with Crippen LogP contribution in [0.15, 0.2) is 24.4 Å². The van der Waals surface area contributed by atoms with Gasteiger partial charge in [-0.05, 0) is 50.3 Å². The molecule has 1 aliphatic carbocycles. The summed E-state index contributed by atoms with van der Waals surface area (Å²) >= 11 is 0. The molecule has 1 aliphatic rings. The van der Waals surface area contributed by atoms with Gasteiger partial charge in [0.25, 0.3) is 0 Å². The molecule has 1 unspecified atom stereocenters. The van der Waals surface area contributed by atoms with Gasteiger partial charge >= 0.3 is 0 Å². The zero-order valence-electron chi connectivity index (χ0n) is 17.0. The number of aromatic nitrogens is 4. The molecule has 0 radical (unpaired) electrons. The van der Waals surface area contributed by atoms with E-state index in [4.69, 9.17) is 15.0 Å². The second-order valence-electron chi connectivity index (χ2n) is 7.79. The molecule has 5 heteroatoms. The molecule has 0 N–H and O–H groups in total. The third-order valence-electron chi connectivity index (χ3n) is 5.70. The highest BCUT2D eigenvalue weighted by atomic mass is 15.2. The number of rotatable bonds is 6. The fourth-order valence-electron chi connectivity index (χ4n) is 4.14. The molecule has 3 aromatic heterocycles. The van der Waals surface area contributed by atoms with E-state index in [0.29, 0.717) is 6.04 Å². The van der Waals surface area contributed by atoms with Crippen molar-refractivity contribution in [1.29, 1.82) is 0 Å². The minimum absolute atomic E-state index is 0.517. The predicted octanol–water partition coefficient (Wildman–Crippen LogP) is 4.79. The Balaban J connectivity index is 1.89. The first kappa shape index (κ1) is 18.0. The zero-order chi connectivity index (χ0) is 19.1. The lowest BCUT2D eigenvalue weighted by Gasteiger charge is -2.19. The van der Waals surface area contributed by atoms with E-state index in [9.17, 15) is 0 Å². The second kappa shape index (κ2) is 6.95. The van der Waals surface area contributed by atoms with E-state index in [1.165, 1.54) is 12.8 Å². The van der Waals surface area contributed by atoms with Crippen LogP contribution in [-0.4, -0.2) is 33.6 Å². The van der Waals surface area contributed by atoms with Gasteiger partial charge in [-0.25, -0.2) is 15.0 Å². The molecule has 1 fully saturated rings. The van der Waals surface area contributed by atoms with Crippen LogP contribution in [-0.2, 0) is 6.42 Å². The lowest BCUT2D eigenvalue weighted by molar-refractivity contribution is 0.427. The Hall–Kier alpha value is -2.43. The Morgan fingerprint density at radius 3 is 2.48 bits per heavy atom. The Morgan fingerprint density at radius 2 is 1.89 bits per heavy atom. The van der Waals surface area contributed by atoms with Crippen molar-refractivity contribution >= 4 is 17.0 Å². The largest absolute Gasteiger partial charge is 0.363 e. The van der Waals surface area contributed by atoms with Crippen LogP contribution in [0.2, 0.25) is 0 Å². The molecule has 0 aliphatic heterocycles. The monoisotopic (exact) mass is 363 g/mol. The van der Waals surface area contributed by atoms with Gasteiger partial charge in [0.2, 0.25) is 0 Å². The molecule has 5 nitrogen and oxygen atoms in total. The van der Waals surface area contributed by atoms with E-state index in [1.54, 1.807) is 0 Å². The summed E-state index contributed by atoms with van der Waals surface area (Å²) in [5, 5.41) is 0. The van der Waals surface area contributed by atoms with E-state index in [0.717, 1.165) is 58.4 Å². The normalized spacial score (nSPS) is 15.3. The molecular weight excluding hydrogens is 334 g/mol. The van der Waals surface area contributed by atoms with Crippen molar-refractivity contribution < 1.29 is 0 Å². The Morgan fingerprint density at radius 1 is 1.11 bits per heavy atom. The quantitative estimate of drug-likeness (QED) is 0.632. The fourth-order valence-corrected chi connectivity index (χ4v) is 4.14. The topological polar surface area (TPSA) is 46.8 Å². The molecule has 0 aromatic carbocycles. The van der Waals surface area contributed by atoms with Crippen LogP contribution < -0.4 is 4.90 Å². The standard InChI is InChI=1S/C22H29N5/c1-6-18(15-8-9-15)27-19(7-2)25-21-17(12-13-23-22(21)27)16-10-11-20(26(4)5)24-14(16)3/h10-13,15,18H,6-9H2,1-5H3. The molecule has 1 atom stereocenters. The number of pyridine rings is 2. The smallest absolute Gasteiger partial charge is 0.160 e. The summed E-state index contributed by atoms with van der Waals surface area (Å²) in [7, 11) is 4.04. The van der Waals surface area contributed by atoms with Gasteiger partial charge in [-0.2, -0.15) is 0 Å². The minimum atomic E-state index is 0.517. The third-order valence-corrected chi connectivity index (χ3v) is 5.70. The summed E-state index contributed by atoms with van der Waals surface area (Å²) in [6.45, 7) is 6.55. The summed E-state index contributed by atoms with van der Waals surface area (Å²) < 4.78 is 2.42. The van der Waals surface area contributed by atoms with Gasteiger partial charge in [0, 0.05) is 49.6 Å². The zero-order valence-corrected chi connectivity index (χ0v) is 17.0. The van der Waals surface area contributed by atoms with E-state index in [1.807, 2.05) is 25.2 Å². The second-order valence-corrected chi connectivity index (χ2v) is 7.79. The van der Waals surface area contributed by atoms with E-state index >= 15 is 0 Å². The molecule has 3 heterocycles. The molecule has 3 aromatic rings. The van der Waals surface area contributed by atoms with E-state index in [-0.39, 0.29) is 0 Å². The number of hydrogen-bond acceptors (Lipinski definition) is 4. The number of fused-ring (bicyclic) bond motifs is 1. The Labute approximate surface area is 161 Å². The van der Waals surface area contributed by atoms with Gasteiger partial charge < -0.3 is 9.47 Å². The van der Waals surface area contributed by atoms with E-state index < -0.39 is 0 Å². The van der Waals surface area contributed by atoms with Gasteiger partial charge in [0.1, 0.15) is 17.2 Å². The maximum Gasteiger partial charge on any atom is 0.160 e. The average molecular weight is 364 g/mol. The third kappa shape index (κ3) is 3.09. The molecule has 0 saturated heterocycles. The van der Waals surface area contributed by atoms with Crippen LogP contribution in [0.1, 0.15) is 50.7 Å². The van der Waals surface area contributed by atoms with Crippen LogP contribution in [0, 0.1) is 12.8 Å². The van der Waals surface area contributed by atoms with Crippen molar-refractivity contribution in [2.24, 2.45) is 5.92 Å². The molecule has 0 spiro atoms. The van der Waals surface area contributed by atoms with Crippen LogP contribution in [0.5, 0.6) is 0 Å². The van der Waals surface area contributed by atoms with Gasteiger partial charge in [0.05, 0.1) is 0 Å². The molecule has 1 saturated carbocycles. The molecule has 142 valence electrons. The summed E-state index contributed by atoms with van der Waals surface area (Å²) in [4.78, 5) is 16.6. The summed E-state index contributed by atoms with van der Waals surface area (Å²) in [6.07, 6.45) is 6.64. The van der Waals surface area contributed by atoms with Gasteiger partial charge in [0.15, 0.2) is 5.65 Å². The summed E-state index contributed by atoms with van der Waals surface area (Å²) in [5.41, 5.74) is 5.33. The van der Waals surface area contributed by atoms with Crippen LogP contribution in [0.4, 0.5) is 5.82 Å². The van der Waals surface area contributed by atoms with Gasteiger partial charge in [-0.3, -0.25) is 0 Å². The average Bonchev–Trinajstić information content (AvgIpc) is 3.43. The summed E-state index contributed by atoms with van der Waals surface area (Å²) in [6, 6.07) is 6.83. The molecule has 4 rings (SSSR count). The van der Waals surface area contributed by atoms with Crippen LogP contribution in [0.25, 0.3) is 22.3 Å². The highest BCUT2D eigenvalue weighted by Gasteiger charge is 2.33. The first-order valence-corrected chi connectivity index (χ1v) is 10.1. The SMILES string of the molecule is CCc1nc2c(-c3ccc(N(C)C)nc3C)ccnc2n1C(CC)C1CC1. The molecular formula is C22H29N5. The van der Waals surface area contributed by atoms with Crippen molar-refractivity contribution in [1.82, 2.24) is 19.5 Å². The highest BCUT2D eigenvalue weighted by Crippen LogP contribution is 2.43. The Kier molecular flexibility index (Phi) is 4.62. The first-order valence-electron chi connectivity index (χ1n) is 10.1. The maximum absolute atomic E-state index is 5.05. The van der Waals surface area contributed by atoms with Gasteiger partial charge in [-0.1, -0.05) is 13.8 Å².